The zero-order valence-electron chi connectivity index (χ0n) is 25.1. The first-order valence-corrected chi connectivity index (χ1v) is 15.4. The maximum atomic E-state index is 14.8. The predicted molar refractivity (Wildman–Crippen MR) is 161 cm³/mol. The molecule has 2 saturated heterocycles. The Morgan fingerprint density at radius 3 is 2.66 bits per heavy atom. The van der Waals surface area contributed by atoms with Crippen molar-refractivity contribution in [3.8, 4) is 11.5 Å². The van der Waals surface area contributed by atoms with Crippen LogP contribution in [0.3, 0.4) is 0 Å². The molecule has 2 atom stereocenters. The first kappa shape index (κ1) is 30.6. The summed E-state index contributed by atoms with van der Waals surface area (Å²) in [6.07, 6.45) is 3.92. The summed E-state index contributed by atoms with van der Waals surface area (Å²) >= 11 is 5.97. The highest BCUT2D eigenvalue weighted by Gasteiger charge is 2.43. The van der Waals surface area contributed by atoms with E-state index >= 15 is 0 Å². The molecule has 44 heavy (non-hydrogen) atoms. The van der Waals surface area contributed by atoms with E-state index in [0.29, 0.717) is 47.6 Å². The summed E-state index contributed by atoms with van der Waals surface area (Å²) in [7, 11) is 0. The Morgan fingerprint density at radius 2 is 1.98 bits per heavy atom. The number of piperidine rings is 1. The maximum Gasteiger partial charge on any atom is 0.367 e. The highest BCUT2D eigenvalue weighted by atomic mass is 35.5. The Hall–Kier alpha value is -3.47. The molecule has 0 unspecified atom stereocenters. The molecular weight excluding hydrogens is 592 g/mol. The number of ether oxygens (including phenoxy) is 4. The van der Waals surface area contributed by atoms with Gasteiger partial charge in [-0.15, -0.1) is 0 Å². The fourth-order valence-electron chi connectivity index (χ4n) is 6.20. The molecule has 0 bridgehead atoms. The van der Waals surface area contributed by atoms with E-state index in [-0.39, 0.29) is 24.2 Å². The summed E-state index contributed by atoms with van der Waals surface area (Å²) in [6, 6.07) is 10.3. The SMILES string of the molecule is CCOC(=O)/C(F)=C/c1c(C)nc(CN2CCC(c3cccc4c3O[C@@](C)(c3ccc(Cl)cc3F)O4)CC2)n1C[C@@H]1CCO1. The van der Waals surface area contributed by atoms with E-state index in [1.165, 1.54) is 12.1 Å². The van der Waals surface area contributed by atoms with Gasteiger partial charge in [-0.05, 0) is 76.4 Å². The van der Waals surface area contributed by atoms with Crippen molar-refractivity contribution in [1.82, 2.24) is 14.5 Å². The van der Waals surface area contributed by atoms with E-state index in [9.17, 15) is 13.6 Å². The molecule has 0 spiro atoms. The zero-order chi connectivity index (χ0) is 31.0. The number of aryl methyl sites for hydroxylation is 1. The monoisotopic (exact) mass is 627 g/mol. The summed E-state index contributed by atoms with van der Waals surface area (Å²) in [6.45, 7) is 8.72. The van der Waals surface area contributed by atoms with Crippen LogP contribution >= 0.6 is 11.6 Å². The second-order valence-corrected chi connectivity index (χ2v) is 12.0. The molecule has 11 heteroatoms. The van der Waals surface area contributed by atoms with Crippen LogP contribution in [-0.2, 0) is 33.1 Å². The van der Waals surface area contributed by atoms with E-state index in [1.807, 2.05) is 23.6 Å². The van der Waals surface area contributed by atoms with Crippen LogP contribution in [0.15, 0.2) is 42.2 Å². The lowest BCUT2D eigenvalue weighted by Gasteiger charge is -2.33. The number of benzene rings is 2. The molecule has 1 aromatic heterocycles. The fraction of sp³-hybridized carbons (Fsp3) is 0.455. The van der Waals surface area contributed by atoms with Gasteiger partial charge in [0.25, 0.3) is 5.79 Å². The Labute approximate surface area is 260 Å². The summed E-state index contributed by atoms with van der Waals surface area (Å²) in [5.74, 6) is -1.45. The summed E-state index contributed by atoms with van der Waals surface area (Å²) < 4.78 is 54.5. The average Bonchev–Trinajstić information content (AvgIpc) is 3.46. The zero-order valence-corrected chi connectivity index (χ0v) is 25.8. The average molecular weight is 628 g/mol. The molecule has 0 amide bonds. The molecule has 2 fully saturated rings. The normalized spacial score (nSPS) is 22.2. The van der Waals surface area contributed by atoms with Gasteiger partial charge in [-0.25, -0.2) is 14.2 Å². The second kappa shape index (κ2) is 12.5. The molecule has 2 aromatic carbocycles. The molecule has 6 rings (SSSR count). The van der Waals surface area contributed by atoms with E-state index in [0.717, 1.165) is 43.7 Å². The molecule has 3 aromatic rings. The van der Waals surface area contributed by atoms with Crippen molar-refractivity contribution in [2.45, 2.75) is 70.9 Å². The van der Waals surface area contributed by atoms with Crippen molar-refractivity contribution in [1.29, 1.82) is 0 Å². The van der Waals surface area contributed by atoms with Gasteiger partial charge in [0.15, 0.2) is 11.5 Å². The third kappa shape index (κ3) is 6.07. The number of likely N-dealkylation sites (tertiary alicyclic amines) is 1. The highest BCUT2D eigenvalue weighted by molar-refractivity contribution is 6.30. The van der Waals surface area contributed by atoms with E-state index in [4.69, 9.17) is 35.5 Å². The van der Waals surface area contributed by atoms with Gasteiger partial charge in [0.05, 0.1) is 42.8 Å². The first-order chi connectivity index (χ1) is 21.1. The maximum absolute atomic E-state index is 14.8. The molecular formula is C33H36ClF2N3O5. The van der Waals surface area contributed by atoms with Crippen molar-refractivity contribution >= 4 is 23.6 Å². The Balaban J connectivity index is 1.16. The van der Waals surface area contributed by atoms with Crippen molar-refractivity contribution in [3.63, 3.8) is 0 Å². The summed E-state index contributed by atoms with van der Waals surface area (Å²) in [5.41, 5.74) is 2.52. The number of carbonyl (C=O) groups is 1. The van der Waals surface area contributed by atoms with Crippen LogP contribution < -0.4 is 9.47 Å². The van der Waals surface area contributed by atoms with Gasteiger partial charge in [0.2, 0.25) is 5.83 Å². The number of fused-ring (bicyclic) bond motifs is 1. The van der Waals surface area contributed by atoms with Gasteiger partial charge >= 0.3 is 5.97 Å². The number of halogens is 3. The van der Waals surface area contributed by atoms with Crippen LogP contribution in [-0.4, -0.2) is 52.8 Å². The van der Waals surface area contributed by atoms with Gasteiger partial charge in [0, 0.05) is 30.2 Å². The van der Waals surface area contributed by atoms with Crippen LogP contribution in [0.2, 0.25) is 5.02 Å². The van der Waals surface area contributed by atoms with Gasteiger partial charge in [0.1, 0.15) is 11.6 Å². The number of nitrogens with zero attached hydrogens (tertiary/aromatic N) is 3. The van der Waals surface area contributed by atoms with Gasteiger partial charge in [-0.1, -0.05) is 23.7 Å². The number of para-hydroxylation sites is 1. The van der Waals surface area contributed by atoms with Crippen LogP contribution in [0, 0.1) is 12.7 Å². The van der Waals surface area contributed by atoms with Crippen molar-refractivity contribution in [2.75, 3.05) is 26.3 Å². The second-order valence-electron chi connectivity index (χ2n) is 11.6. The Bertz CT molecular complexity index is 1580. The van der Waals surface area contributed by atoms with Crippen LogP contribution in [0.25, 0.3) is 6.08 Å². The number of hydrogen-bond acceptors (Lipinski definition) is 7. The fourth-order valence-corrected chi connectivity index (χ4v) is 6.36. The number of imidazole rings is 1. The lowest BCUT2D eigenvalue weighted by molar-refractivity contribution is -0.140. The minimum Gasteiger partial charge on any atom is -0.461 e. The molecule has 0 aliphatic carbocycles. The largest absolute Gasteiger partial charge is 0.461 e. The van der Waals surface area contributed by atoms with Crippen molar-refractivity contribution in [3.05, 3.63) is 81.4 Å². The first-order valence-electron chi connectivity index (χ1n) is 15.1. The molecule has 3 aliphatic heterocycles. The van der Waals surface area contributed by atoms with Gasteiger partial charge < -0.3 is 23.5 Å². The number of hydrogen-bond donors (Lipinski definition) is 0. The van der Waals surface area contributed by atoms with E-state index in [1.54, 1.807) is 26.0 Å². The Kier molecular flexibility index (Phi) is 8.68. The molecule has 3 aliphatic rings. The predicted octanol–water partition coefficient (Wildman–Crippen LogP) is 6.67. The van der Waals surface area contributed by atoms with Crippen LogP contribution in [0.1, 0.15) is 67.4 Å². The third-order valence-corrected chi connectivity index (χ3v) is 8.84. The quantitative estimate of drug-likeness (QED) is 0.194. The topological polar surface area (TPSA) is 75.0 Å². The lowest BCUT2D eigenvalue weighted by Crippen LogP contribution is -2.35. The Morgan fingerprint density at radius 1 is 1.20 bits per heavy atom. The molecule has 234 valence electrons. The van der Waals surface area contributed by atoms with E-state index < -0.39 is 23.4 Å². The number of carbonyl (C=O) groups excluding carboxylic acids is 1. The van der Waals surface area contributed by atoms with E-state index in [2.05, 4.69) is 11.0 Å². The molecule has 8 nitrogen and oxygen atoms in total. The van der Waals surface area contributed by atoms with Gasteiger partial charge in [-0.2, -0.15) is 4.39 Å². The molecule has 0 N–H and O–H groups in total. The number of rotatable bonds is 9. The molecule has 4 heterocycles. The van der Waals surface area contributed by atoms with Crippen molar-refractivity contribution < 1.29 is 32.5 Å². The highest BCUT2D eigenvalue weighted by Crippen LogP contribution is 2.49. The standard InChI is InChI=1S/C33H36ClF2N3O5/c1-4-41-32(40)27(36)17-28-20(2)37-30(39(28)18-23-12-15-42-23)19-38-13-10-21(11-14-38)24-6-5-7-29-31(24)44-33(3,43-29)25-9-8-22(34)16-26(25)35/h5-9,16-17,21,23H,4,10-15,18-19H2,1-3H3/b27-17-/t23-,33-/m0/s1. The van der Waals surface area contributed by atoms with Crippen molar-refractivity contribution in [2.24, 2.45) is 0 Å². The molecule has 0 saturated carbocycles. The minimum absolute atomic E-state index is 0.0281. The summed E-state index contributed by atoms with van der Waals surface area (Å²) in [5, 5.41) is 0.309. The number of aromatic nitrogens is 2. The number of esters is 1. The third-order valence-electron chi connectivity index (χ3n) is 8.61. The smallest absolute Gasteiger partial charge is 0.367 e. The van der Waals surface area contributed by atoms with Crippen LogP contribution in [0.4, 0.5) is 8.78 Å². The molecule has 0 radical (unpaired) electrons. The lowest BCUT2D eigenvalue weighted by atomic mass is 9.88. The van der Waals surface area contributed by atoms with Crippen LogP contribution in [0.5, 0.6) is 11.5 Å². The minimum atomic E-state index is -1.30. The summed E-state index contributed by atoms with van der Waals surface area (Å²) in [4.78, 5) is 19.1. The van der Waals surface area contributed by atoms with Gasteiger partial charge in [-0.3, -0.25) is 4.90 Å².